The van der Waals surface area contributed by atoms with Gasteiger partial charge in [0.2, 0.25) is 5.56 Å². The molecule has 0 aliphatic carbocycles. The average Bonchev–Trinajstić information content (AvgIpc) is 3.03. The van der Waals surface area contributed by atoms with Gasteiger partial charge in [0, 0.05) is 38.3 Å². The number of pyridine rings is 1. The van der Waals surface area contributed by atoms with Gasteiger partial charge in [-0.05, 0) is 31.0 Å². The topological polar surface area (TPSA) is 93.0 Å². The molecule has 8 heteroatoms. The summed E-state index contributed by atoms with van der Waals surface area (Å²) in [6.45, 7) is 1.11. The van der Waals surface area contributed by atoms with Gasteiger partial charge < -0.3 is 9.88 Å². The number of nitrogens with zero attached hydrogens (tertiary/aromatic N) is 4. The van der Waals surface area contributed by atoms with Gasteiger partial charge >= 0.3 is 5.69 Å². The van der Waals surface area contributed by atoms with Gasteiger partial charge in [0.1, 0.15) is 5.82 Å². The summed E-state index contributed by atoms with van der Waals surface area (Å²) >= 11 is 0. The van der Waals surface area contributed by atoms with E-state index in [9.17, 15) is 14.4 Å². The van der Waals surface area contributed by atoms with E-state index in [4.69, 9.17) is 0 Å². The fraction of sp³-hybridized carbons (Fsp3) is 0.300. The van der Waals surface area contributed by atoms with E-state index in [2.05, 4.69) is 10.1 Å². The number of hydrogen-bond donors (Lipinski definition) is 1. The van der Waals surface area contributed by atoms with Crippen LogP contribution in [-0.4, -0.2) is 43.2 Å². The number of likely N-dealkylation sites (tertiary alicyclic amines) is 1. The maximum Gasteiger partial charge on any atom is 0.350 e. The molecule has 1 fully saturated rings. The third-order valence-electron chi connectivity index (χ3n) is 5.07. The fourth-order valence-corrected chi connectivity index (χ4v) is 3.67. The van der Waals surface area contributed by atoms with Crippen molar-refractivity contribution >= 4 is 5.91 Å². The molecular formula is C20H21N5O3. The number of aromatic amines is 1. The number of carbonyl (C=O) groups is 1. The molecule has 1 N–H and O–H groups in total. The van der Waals surface area contributed by atoms with Crippen LogP contribution in [0.25, 0.3) is 5.69 Å². The normalized spacial score (nSPS) is 16.9. The van der Waals surface area contributed by atoms with Gasteiger partial charge in [-0.1, -0.05) is 18.2 Å². The van der Waals surface area contributed by atoms with Gasteiger partial charge in [0.15, 0.2) is 0 Å². The molecule has 0 radical (unpaired) electrons. The minimum atomic E-state index is -0.242. The summed E-state index contributed by atoms with van der Waals surface area (Å²) in [5.41, 5.74) is 0.764. The van der Waals surface area contributed by atoms with Crippen LogP contribution in [-0.2, 0) is 7.05 Å². The number of hydrogen-bond acceptors (Lipinski definition) is 4. The highest BCUT2D eigenvalue weighted by molar-refractivity contribution is 5.94. The number of amides is 1. The van der Waals surface area contributed by atoms with E-state index in [1.165, 1.54) is 23.0 Å². The van der Waals surface area contributed by atoms with Crippen molar-refractivity contribution in [3.8, 4) is 5.69 Å². The molecule has 1 unspecified atom stereocenters. The van der Waals surface area contributed by atoms with E-state index in [1.54, 1.807) is 16.5 Å². The second kappa shape index (κ2) is 7.30. The van der Waals surface area contributed by atoms with Gasteiger partial charge in [-0.15, -0.1) is 0 Å². The third kappa shape index (κ3) is 3.28. The molecule has 2 aromatic heterocycles. The van der Waals surface area contributed by atoms with Crippen molar-refractivity contribution in [3.05, 3.63) is 80.9 Å². The smallest absolute Gasteiger partial charge is 0.338 e. The van der Waals surface area contributed by atoms with Crippen LogP contribution in [0.1, 0.15) is 34.9 Å². The Hall–Kier alpha value is -3.42. The van der Waals surface area contributed by atoms with Crippen LogP contribution >= 0.6 is 0 Å². The first-order valence-corrected chi connectivity index (χ1v) is 9.24. The van der Waals surface area contributed by atoms with Gasteiger partial charge in [-0.3, -0.25) is 9.59 Å². The van der Waals surface area contributed by atoms with Gasteiger partial charge in [0.25, 0.3) is 5.91 Å². The first kappa shape index (κ1) is 18.0. The Kier molecular flexibility index (Phi) is 4.68. The molecule has 8 nitrogen and oxygen atoms in total. The molecule has 0 bridgehead atoms. The monoisotopic (exact) mass is 379 g/mol. The Balaban J connectivity index is 1.65. The summed E-state index contributed by atoms with van der Waals surface area (Å²) in [7, 11) is 1.64. The third-order valence-corrected chi connectivity index (χ3v) is 5.07. The molecule has 4 rings (SSSR count). The summed E-state index contributed by atoms with van der Waals surface area (Å²) in [6.07, 6.45) is 3.10. The zero-order chi connectivity index (χ0) is 19.7. The van der Waals surface area contributed by atoms with E-state index < -0.39 is 0 Å². The molecule has 3 heterocycles. The predicted molar refractivity (Wildman–Crippen MR) is 104 cm³/mol. The Morgan fingerprint density at radius 3 is 2.64 bits per heavy atom. The summed E-state index contributed by atoms with van der Waals surface area (Å²) in [4.78, 5) is 41.0. The van der Waals surface area contributed by atoms with E-state index in [0.717, 1.165) is 18.5 Å². The molecule has 1 aromatic carbocycles. The average molecular weight is 379 g/mol. The van der Waals surface area contributed by atoms with Crippen molar-refractivity contribution in [1.82, 2.24) is 24.2 Å². The Bertz CT molecular complexity index is 1090. The summed E-state index contributed by atoms with van der Waals surface area (Å²) in [5, 5.41) is 4.47. The standard InChI is InChI=1S/C20H21N5O3/c1-23-20(28)25(16-7-3-2-4-8-16)18(22-23)15-6-5-11-24(13-15)19(27)14-9-10-17(26)21-12-14/h2-4,7-10,12,15H,5-6,11,13H2,1H3,(H,21,26). The number of benzene rings is 1. The van der Waals surface area contributed by atoms with Gasteiger partial charge in [-0.25, -0.2) is 14.0 Å². The molecule has 0 spiro atoms. The Morgan fingerprint density at radius 1 is 1.14 bits per heavy atom. The zero-order valence-corrected chi connectivity index (χ0v) is 15.5. The lowest BCUT2D eigenvalue weighted by atomic mass is 9.96. The zero-order valence-electron chi connectivity index (χ0n) is 15.5. The molecule has 1 saturated heterocycles. The number of para-hydroxylation sites is 1. The minimum absolute atomic E-state index is 0.0467. The molecule has 1 aliphatic rings. The van der Waals surface area contributed by atoms with Crippen LogP contribution in [0.5, 0.6) is 0 Å². The number of aromatic nitrogens is 4. The molecule has 1 aliphatic heterocycles. The maximum absolute atomic E-state index is 12.8. The highest BCUT2D eigenvalue weighted by atomic mass is 16.2. The predicted octanol–water partition coefficient (Wildman–Crippen LogP) is 1.28. The molecular weight excluding hydrogens is 358 g/mol. The second-order valence-electron chi connectivity index (χ2n) is 6.97. The molecule has 0 saturated carbocycles. The van der Waals surface area contributed by atoms with E-state index in [1.807, 2.05) is 30.3 Å². The molecule has 1 amide bonds. The van der Waals surface area contributed by atoms with Gasteiger partial charge in [-0.2, -0.15) is 5.10 Å². The molecule has 1 atom stereocenters. The van der Waals surface area contributed by atoms with Crippen molar-refractivity contribution in [2.24, 2.45) is 7.05 Å². The quantitative estimate of drug-likeness (QED) is 0.742. The number of H-pyrrole nitrogens is 1. The molecule has 28 heavy (non-hydrogen) atoms. The maximum atomic E-state index is 12.8. The van der Waals surface area contributed by atoms with E-state index >= 15 is 0 Å². The van der Waals surface area contributed by atoms with Crippen LogP contribution in [0, 0.1) is 0 Å². The second-order valence-corrected chi connectivity index (χ2v) is 6.97. The fourth-order valence-electron chi connectivity index (χ4n) is 3.67. The molecule has 144 valence electrons. The largest absolute Gasteiger partial charge is 0.350 e. The summed E-state index contributed by atoms with van der Waals surface area (Å²) < 4.78 is 2.96. The Labute approximate surface area is 161 Å². The van der Waals surface area contributed by atoms with Crippen LogP contribution in [0.2, 0.25) is 0 Å². The van der Waals surface area contributed by atoms with Crippen LogP contribution < -0.4 is 11.2 Å². The first-order valence-electron chi connectivity index (χ1n) is 9.24. The minimum Gasteiger partial charge on any atom is -0.338 e. The van der Waals surface area contributed by atoms with Crippen molar-refractivity contribution in [2.75, 3.05) is 13.1 Å². The number of aryl methyl sites for hydroxylation is 1. The SMILES string of the molecule is Cn1nc(C2CCCN(C(=O)c3ccc(=O)[nH]c3)C2)n(-c2ccccc2)c1=O. The lowest BCUT2D eigenvalue weighted by Gasteiger charge is -2.32. The lowest BCUT2D eigenvalue weighted by Crippen LogP contribution is -2.40. The van der Waals surface area contributed by atoms with Crippen LogP contribution in [0.15, 0.2) is 58.3 Å². The van der Waals surface area contributed by atoms with Crippen molar-refractivity contribution in [3.63, 3.8) is 0 Å². The lowest BCUT2D eigenvalue weighted by molar-refractivity contribution is 0.0703. The van der Waals surface area contributed by atoms with Crippen LogP contribution in [0.3, 0.4) is 0 Å². The van der Waals surface area contributed by atoms with Crippen molar-refractivity contribution < 1.29 is 4.79 Å². The number of piperidine rings is 1. The van der Waals surface area contributed by atoms with E-state index in [0.29, 0.717) is 24.5 Å². The highest BCUT2D eigenvalue weighted by Gasteiger charge is 2.30. The number of carbonyl (C=O) groups excluding carboxylic acids is 1. The van der Waals surface area contributed by atoms with Crippen LogP contribution in [0.4, 0.5) is 0 Å². The number of nitrogens with one attached hydrogen (secondary N) is 1. The molecule has 3 aromatic rings. The first-order chi connectivity index (χ1) is 13.5. The summed E-state index contributed by atoms with van der Waals surface area (Å²) in [5.74, 6) is 0.484. The van der Waals surface area contributed by atoms with Crippen molar-refractivity contribution in [2.45, 2.75) is 18.8 Å². The van der Waals surface area contributed by atoms with Crippen molar-refractivity contribution in [1.29, 1.82) is 0 Å². The summed E-state index contributed by atoms with van der Waals surface area (Å²) in [6, 6.07) is 12.3. The van der Waals surface area contributed by atoms with E-state index in [-0.39, 0.29) is 23.1 Å². The van der Waals surface area contributed by atoms with Gasteiger partial charge in [0.05, 0.1) is 11.3 Å². The number of rotatable bonds is 3. The Morgan fingerprint density at radius 2 is 1.93 bits per heavy atom. The highest BCUT2D eigenvalue weighted by Crippen LogP contribution is 2.27.